The number of aromatic nitrogens is 1. The number of nitrogens with one attached hydrogen (secondary N) is 1. The number of hydrogen-bond acceptors (Lipinski definition) is 5. The largest absolute Gasteiger partial charge is 0.277 e. The summed E-state index contributed by atoms with van der Waals surface area (Å²) in [6.07, 6.45) is 1.71. The minimum atomic E-state index is 0.648. The number of benzene rings is 2. The van der Waals surface area contributed by atoms with Crippen LogP contribution in [0.25, 0.3) is 10.2 Å². The van der Waals surface area contributed by atoms with E-state index in [0.29, 0.717) is 11.0 Å². The van der Waals surface area contributed by atoms with Crippen LogP contribution in [0.2, 0.25) is 0 Å². The average Bonchev–Trinajstić information content (AvgIpc) is 3.01. The summed E-state index contributed by atoms with van der Waals surface area (Å²) in [6.45, 7) is 2.09. The molecular weight excluding hydrogens is 306 g/mol. The Hall–Kier alpha value is -2.60. The Balaban J connectivity index is 1.75. The van der Waals surface area contributed by atoms with Crippen LogP contribution in [0.1, 0.15) is 19.8 Å². The van der Waals surface area contributed by atoms with Crippen LogP contribution in [0.15, 0.2) is 69.9 Å². The van der Waals surface area contributed by atoms with Gasteiger partial charge in [-0.2, -0.15) is 5.10 Å². The smallest absolute Gasteiger partial charge is 0.231 e. The summed E-state index contributed by atoms with van der Waals surface area (Å²) in [6, 6.07) is 17.8. The molecule has 23 heavy (non-hydrogen) atoms. The number of hydrogen-bond donors (Lipinski definition) is 1. The number of rotatable bonds is 5. The maximum atomic E-state index is 4.45. The monoisotopic (exact) mass is 323 g/mol. The second kappa shape index (κ2) is 7.60. The fourth-order valence-electron chi connectivity index (χ4n) is 2.00. The van der Waals surface area contributed by atoms with E-state index >= 15 is 0 Å². The summed E-state index contributed by atoms with van der Waals surface area (Å²) in [5.74, 6) is 0.663. The van der Waals surface area contributed by atoms with Crippen molar-refractivity contribution in [3.63, 3.8) is 0 Å². The molecule has 116 valence electrons. The SMILES string of the molecule is CCC/C(N=Nc1nc2ccccc2s1)=N\Nc1ccccc1. The van der Waals surface area contributed by atoms with Gasteiger partial charge >= 0.3 is 0 Å². The van der Waals surface area contributed by atoms with E-state index in [9.17, 15) is 0 Å². The van der Waals surface area contributed by atoms with E-state index < -0.39 is 0 Å². The summed E-state index contributed by atoms with van der Waals surface area (Å²) < 4.78 is 1.11. The number of hydrazone groups is 1. The molecule has 0 atom stereocenters. The summed E-state index contributed by atoms with van der Waals surface area (Å²) in [5, 5.41) is 13.5. The van der Waals surface area contributed by atoms with Crippen molar-refractivity contribution in [2.75, 3.05) is 5.43 Å². The van der Waals surface area contributed by atoms with Crippen LogP contribution in [0.5, 0.6) is 0 Å². The van der Waals surface area contributed by atoms with Gasteiger partial charge in [-0.1, -0.05) is 48.6 Å². The zero-order valence-electron chi connectivity index (χ0n) is 12.8. The highest BCUT2D eigenvalue weighted by Crippen LogP contribution is 2.27. The predicted octanol–water partition coefficient (Wildman–Crippen LogP) is 5.61. The van der Waals surface area contributed by atoms with Crippen LogP contribution in [0.4, 0.5) is 10.8 Å². The van der Waals surface area contributed by atoms with Gasteiger partial charge in [0.15, 0.2) is 5.84 Å². The van der Waals surface area contributed by atoms with Gasteiger partial charge in [-0.15, -0.1) is 10.2 Å². The van der Waals surface area contributed by atoms with E-state index in [-0.39, 0.29) is 0 Å². The average molecular weight is 323 g/mol. The molecule has 0 fully saturated rings. The molecule has 0 saturated carbocycles. The molecule has 0 aliphatic rings. The van der Waals surface area contributed by atoms with Crippen molar-refractivity contribution in [3.05, 3.63) is 54.6 Å². The van der Waals surface area contributed by atoms with Gasteiger partial charge in [-0.05, 0) is 30.7 Å². The van der Waals surface area contributed by atoms with E-state index in [2.05, 4.69) is 32.7 Å². The van der Waals surface area contributed by atoms with E-state index in [1.54, 1.807) is 0 Å². The first-order valence-corrected chi connectivity index (χ1v) is 8.32. The van der Waals surface area contributed by atoms with E-state index in [0.717, 1.165) is 28.7 Å². The molecule has 0 radical (unpaired) electrons. The van der Waals surface area contributed by atoms with Crippen molar-refractivity contribution in [2.45, 2.75) is 19.8 Å². The topological polar surface area (TPSA) is 62.0 Å². The second-order valence-corrected chi connectivity index (χ2v) is 5.93. The summed E-state index contributed by atoms with van der Waals surface area (Å²) in [4.78, 5) is 4.45. The molecule has 0 amide bonds. The third kappa shape index (κ3) is 4.20. The Morgan fingerprint density at radius 2 is 1.87 bits per heavy atom. The lowest BCUT2D eigenvalue weighted by molar-refractivity contribution is 0.966. The van der Waals surface area contributed by atoms with Crippen LogP contribution in [-0.4, -0.2) is 10.8 Å². The van der Waals surface area contributed by atoms with Gasteiger partial charge in [-0.25, -0.2) is 4.98 Å². The fraction of sp³-hybridized carbons (Fsp3) is 0.176. The van der Waals surface area contributed by atoms with Gasteiger partial charge in [0, 0.05) is 6.42 Å². The number of nitrogens with zero attached hydrogens (tertiary/aromatic N) is 4. The highest BCUT2D eigenvalue weighted by Gasteiger charge is 2.02. The minimum absolute atomic E-state index is 0.648. The molecular formula is C17H17N5S. The molecule has 1 heterocycles. The molecule has 0 aliphatic carbocycles. The van der Waals surface area contributed by atoms with E-state index in [1.165, 1.54) is 11.3 Å². The molecule has 3 aromatic rings. The quantitative estimate of drug-likeness (QED) is 0.287. The number of amidine groups is 1. The Morgan fingerprint density at radius 3 is 2.65 bits per heavy atom. The lowest BCUT2D eigenvalue weighted by Gasteiger charge is -2.01. The second-order valence-electron chi connectivity index (χ2n) is 4.92. The normalized spacial score (nSPS) is 12.1. The van der Waals surface area contributed by atoms with Crippen molar-refractivity contribution in [1.29, 1.82) is 0 Å². The molecule has 1 N–H and O–H groups in total. The van der Waals surface area contributed by atoms with Gasteiger partial charge in [-0.3, -0.25) is 5.43 Å². The zero-order valence-corrected chi connectivity index (χ0v) is 13.6. The Bertz CT molecular complexity index is 790. The van der Waals surface area contributed by atoms with Gasteiger partial charge in [0.1, 0.15) is 0 Å². The van der Waals surface area contributed by atoms with Gasteiger partial charge in [0.05, 0.1) is 15.9 Å². The van der Waals surface area contributed by atoms with Gasteiger partial charge in [0.25, 0.3) is 0 Å². The molecule has 1 aromatic heterocycles. The molecule has 0 unspecified atom stereocenters. The Labute approximate surface area is 138 Å². The van der Waals surface area contributed by atoms with Crippen molar-refractivity contribution in [1.82, 2.24) is 4.98 Å². The van der Waals surface area contributed by atoms with Gasteiger partial charge in [0.2, 0.25) is 5.13 Å². The maximum absolute atomic E-state index is 4.45. The molecule has 0 spiro atoms. The maximum Gasteiger partial charge on any atom is 0.231 e. The lowest BCUT2D eigenvalue weighted by atomic mass is 10.3. The Kier molecular flexibility index (Phi) is 5.06. The number of para-hydroxylation sites is 2. The lowest BCUT2D eigenvalue weighted by Crippen LogP contribution is -1.98. The number of fused-ring (bicyclic) bond motifs is 1. The van der Waals surface area contributed by atoms with Crippen LogP contribution in [0.3, 0.4) is 0 Å². The molecule has 0 saturated heterocycles. The molecule has 3 rings (SSSR count). The number of anilines is 1. The van der Waals surface area contributed by atoms with E-state index in [4.69, 9.17) is 0 Å². The molecule has 0 bridgehead atoms. The molecule has 6 heteroatoms. The van der Waals surface area contributed by atoms with Crippen molar-refractivity contribution < 1.29 is 0 Å². The van der Waals surface area contributed by atoms with Crippen molar-refractivity contribution >= 4 is 38.2 Å². The van der Waals surface area contributed by atoms with Crippen LogP contribution in [-0.2, 0) is 0 Å². The first-order valence-electron chi connectivity index (χ1n) is 7.50. The predicted molar refractivity (Wildman–Crippen MR) is 96.5 cm³/mol. The third-order valence-corrected chi connectivity index (χ3v) is 4.02. The summed E-state index contributed by atoms with van der Waals surface area (Å²) >= 11 is 1.52. The van der Waals surface area contributed by atoms with Crippen LogP contribution < -0.4 is 5.43 Å². The molecule has 0 aliphatic heterocycles. The standard InChI is InChI=1S/C17H17N5S/c1-2-8-16(20-19-13-9-4-3-5-10-13)21-22-17-18-14-11-6-7-12-15(14)23-17/h3-7,9-12,19H,2,8H2,1H3/b20-16+,22-21?. The minimum Gasteiger partial charge on any atom is -0.277 e. The summed E-state index contributed by atoms with van der Waals surface area (Å²) in [5.41, 5.74) is 4.88. The molecule has 5 nitrogen and oxygen atoms in total. The highest BCUT2D eigenvalue weighted by atomic mass is 32.1. The van der Waals surface area contributed by atoms with Crippen LogP contribution in [0, 0.1) is 0 Å². The molecule has 2 aromatic carbocycles. The Morgan fingerprint density at radius 1 is 1.09 bits per heavy atom. The fourth-order valence-corrected chi connectivity index (χ4v) is 2.78. The van der Waals surface area contributed by atoms with E-state index in [1.807, 2.05) is 54.6 Å². The van der Waals surface area contributed by atoms with Gasteiger partial charge < -0.3 is 0 Å². The first kappa shape index (κ1) is 15.3. The third-order valence-electron chi connectivity index (χ3n) is 3.10. The zero-order chi connectivity index (χ0) is 15.9. The number of thiazole rings is 1. The highest BCUT2D eigenvalue weighted by molar-refractivity contribution is 7.21. The van der Waals surface area contributed by atoms with Crippen molar-refractivity contribution in [2.24, 2.45) is 15.3 Å². The summed E-state index contributed by atoms with van der Waals surface area (Å²) in [7, 11) is 0. The van der Waals surface area contributed by atoms with Crippen LogP contribution >= 0.6 is 11.3 Å². The first-order chi connectivity index (χ1) is 11.3. The van der Waals surface area contributed by atoms with Crippen molar-refractivity contribution in [3.8, 4) is 0 Å². The number of azo groups is 1.